The van der Waals surface area contributed by atoms with E-state index in [1.165, 1.54) is 13.8 Å². The predicted octanol–water partition coefficient (Wildman–Crippen LogP) is -0.464. The highest BCUT2D eigenvalue weighted by atomic mass is 16.7. The molecule has 29 heavy (non-hydrogen) atoms. The second-order valence-electron chi connectivity index (χ2n) is 6.22. The minimum atomic E-state index is -1.16. The van der Waals surface area contributed by atoms with Gasteiger partial charge in [-0.25, -0.2) is 9.78 Å². The topological polar surface area (TPSA) is 163 Å². The van der Waals surface area contributed by atoms with Crippen LogP contribution in [-0.4, -0.2) is 64.8 Å². The molecule has 1 aliphatic rings. The first-order valence-electron chi connectivity index (χ1n) is 8.58. The maximum atomic E-state index is 11.8. The number of nitrogens with zero attached hydrogens (tertiary/aromatic N) is 1. The molecule has 0 radical (unpaired) electrons. The lowest BCUT2D eigenvalue weighted by Crippen LogP contribution is -2.43. The molecule has 0 spiro atoms. The number of ketones is 1. The highest BCUT2D eigenvalue weighted by Gasteiger charge is 2.50. The Morgan fingerprint density at radius 1 is 1.07 bits per heavy atom. The molecule has 2 rings (SSSR count). The molecule has 0 bridgehead atoms. The van der Waals surface area contributed by atoms with E-state index in [2.05, 4.69) is 15.3 Å². The summed E-state index contributed by atoms with van der Waals surface area (Å²) in [6.07, 6.45) is -3.30. The largest absolute Gasteiger partial charge is 0.463 e. The Morgan fingerprint density at radius 3 is 2.24 bits per heavy atom. The Kier molecular flexibility index (Phi) is 7.04. The highest BCUT2D eigenvalue weighted by Crippen LogP contribution is 2.29. The van der Waals surface area contributed by atoms with Crippen LogP contribution in [0.4, 0.5) is 5.82 Å². The molecule has 2 heterocycles. The molecule has 1 fully saturated rings. The van der Waals surface area contributed by atoms with Crippen LogP contribution in [0.25, 0.3) is 0 Å². The SMILES string of the molecule is CC(=O)OC[C@H]1O[C@@H](Nc2[nH]c(=O)ncc2C(C)=O)[C@H](OC(C)=O)[C@H]1OC(C)=O. The molecule has 12 heteroatoms. The number of hydrogen-bond acceptors (Lipinski definition) is 11. The number of ether oxygens (including phenoxy) is 4. The summed E-state index contributed by atoms with van der Waals surface area (Å²) in [4.78, 5) is 63.5. The normalized spacial score (nSPS) is 23.2. The number of aromatic amines is 1. The van der Waals surface area contributed by atoms with Gasteiger partial charge in [-0.15, -0.1) is 0 Å². The van der Waals surface area contributed by atoms with E-state index in [1.807, 2.05) is 0 Å². The van der Waals surface area contributed by atoms with E-state index in [-0.39, 0.29) is 18.0 Å². The molecule has 0 aromatic carbocycles. The van der Waals surface area contributed by atoms with E-state index in [9.17, 15) is 24.0 Å². The van der Waals surface area contributed by atoms with Crippen molar-refractivity contribution in [2.45, 2.75) is 52.2 Å². The first kappa shape index (κ1) is 22.0. The molecule has 2 N–H and O–H groups in total. The maximum absolute atomic E-state index is 11.8. The van der Waals surface area contributed by atoms with Gasteiger partial charge in [-0.2, -0.15) is 0 Å². The third-order valence-corrected chi connectivity index (χ3v) is 3.84. The van der Waals surface area contributed by atoms with Gasteiger partial charge in [0.15, 0.2) is 24.2 Å². The van der Waals surface area contributed by atoms with Crippen LogP contribution in [-0.2, 0) is 33.3 Å². The molecule has 158 valence electrons. The molecule has 1 aliphatic heterocycles. The number of aromatic nitrogens is 2. The van der Waals surface area contributed by atoms with Crippen molar-refractivity contribution in [2.75, 3.05) is 11.9 Å². The van der Waals surface area contributed by atoms with E-state index in [0.717, 1.165) is 20.0 Å². The Labute approximate surface area is 164 Å². The summed E-state index contributed by atoms with van der Waals surface area (Å²) in [5, 5.41) is 2.76. The average molecular weight is 411 g/mol. The zero-order valence-electron chi connectivity index (χ0n) is 16.2. The summed E-state index contributed by atoms with van der Waals surface area (Å²) in [7, 11) is 0. The molecule has 0 saturated carbocycles. The summed E-state index contributed by atoms with van der Waals surface area (Å²) in [6, 6.07) is 0. The predicted molar refractivity (Wildman–Crippen MR) is 94.9 cm³/mol. The lowest BCUT2D eigenvalue weighted by atomic mass is 10.1. The third-order valence-electron chi connectivity index (χ3n) is 3.84. The van der Waals surface area contributed by atoms with E-state index < -0.39 is 53.9 Å². The minimum Gasteiger partial charge on any atom is -0.463 e. The van der Waals surface area contributed by atoms with Gasteiger partial charge >= 0.3 is 23.6 Å². The number of esters is 3. The van der Waals surface area contributed by atoms with Gasteiger partial charge in [-0.05, 0) is 6.92 Å². The number of hydrogen-bond donors (Lipinski definition) is 2. The second-order valence-corrected chi connectivity index (χ2v) is 6.22. The summed E-state index contributed by atoms with van der Waals surface area (Å²) in [5.74, 6) is -2.37. The molecule has 1 aromatic heterocycles. The second kappa shape index (κ2) is 9.28. The Bertz CT molecular complexity index is 866. The zero-order valence-corrected chi connectivity index (χ0v) is 16.2. The van der Waals surface area contributed by atoms with Crippen molar-refractivity contribution in [3.63, 3.8) is 0 Å². The van der Waals surface area contributed by atoms with Crippen molar-refractivity contribution in [1.29, 1.82) is 0 Å². The average Bonchev–Trinajstić information content (AvgIpc) is 2.88. The molecule has 12 nitrogen and oxygen atoms in total. The van der Waals surface area contributed by atoms with E-state index in [1.54, 1.807) is 0 Å². The van der Waals surface area contributed by atoms with Gasteiger partial charge in [0.05, 0.1) is 5.56 Å². The fourth-order valence-electron chi connectivity index (χ4n) is 2.75. The lowest BCUT2D eigenvalue weighted by Gasteiger charge is -2.24. The van der Waals surface area contributed by atoms with Gasteiger partial charge in [0.2, 0.25) is 0 Å². The quantitative estimate of drug-likeness (QED) is 0.339. The van der Waals surface area contributed by atoms with Crippen molar-refractivity contribution in [1.82, 2.24) is 9.97 Å². The molecule has 0 aliphatic carbocycles. The number of Topliss-reactive ketones (excluding diaryl/α,β-unsaturated/α-hetero) is 1. The number of nitrogens with one attached hydrogen (secondary N) is 2. The fourth-order valence-corrected chi connectivity index (χ4v) is 2.75. The zero-order chi connectivity index (χ0) is 21.7. The van der Waals surface area contributed by atoms with Crippen LogP contribution >= 0.6 is 0 Å². The third kappa shape index (κ3) is 5.85. The molecule has 4 atom stereocenters. The van der Waals surface area contributed by atoms with E-state index >= 15 is 0 Å². The maximum Gasteiger partial charge on any atom is 0.346 e. The van der Waals surface area contributed by atoms with Crippen LogP contribution in [0.2, 0.25) is 0 Å². The lowest BCUT2D eigenvalue weighted by molar-refractivity contribution is -0.165. The van der Waals surface area contributed by atoms with Crippen LogP contribution in [0, 0.1) is 0 Å². The fraction of sp³-hybridized carbons (Fsp3) is 0.529. The standard InChI is InChI=1S/C17H21N3O9/c1-7(21)11-5-18-17(25)20-15(11)19-16-14(28-10(4)24)13(27-9(3)23)12(29-16)6-26-8(2)22/h5,12-14,16H,6H2,1-4H3,(H2,18,19,20,25)/t12-,13+,14-,16-/m1/s1. The highest BCUT2D eigenvalue weighted by molar-refractivity contribution is 5.98. The molecule has 0 amide bonds. The number of rotatable bonds is 7. The van der Waals surface area contributed by atoms with Crippen molar-refractivity contribution in [3.8, 4) is 0 Å². The van der Waals surface area contributed by atoms with Crippen LogP contribution < -0.4 is 11.0 Å². The number of carbonyl (C=O) groups is 4. The van der Waals surface area contributed by atoms with E-state index in [4.69, 9.17) is 18.9 Å². The Hall–Kier alpha value is -3.28. The summed E-state index contributed by atoms with van der Waals surface area (Å²) >= 11 is 0. The van der Waals surface area contributed by atoms with Crippen molar-refractivity contribution >= 4 is 29.5 Å². The summed E-state index contributed by atoms with van der Waals surface area (Å²) in [6.45, 7) is 4.48. The van der Waals surface area contributed by atoms with Crippen molar-refractivity contribution in [3.05, 3.63) is 22.2 Å². The van der Waals surface area contributed by atoms with Gasteiger partial charge in [0.25, 0.3) is 0 Å². The van der Waals surface area contributed by atoms with Crippen molar-refractivity contribution in [2.24, 2.45) is 0 Å². The van der Waals surface area contributed by atoms with Crippen LogP contribution in [0.3, 0.4) is 0 Å². The van der Waals surface area contributed by atoms with Gasteiger partial charge < -0.3 is 24.3 Å². The number of H-pyrrole nitrogens is 1. The van der Waals surface area contributed by atoms with Gasteiger partial charge in [0.1, 0.15) is 18.5 Å². The van der Waals surface area contributed by atoms with Crippen LogP contribution in [0.5, 0.6) is 0 Å². The summed E-state index contributed by atoms with van der Waals surface area (Å²) in [5.41, 5.74) is -0.672. The molecule has 0 unspecified atom stereocenters. The van der Waals surface area contributed by atoms with Gasteiger partial charge in [-0.1, -0.05) is 0 Å². The van der Waals surface area contributed by atoms with Gasteiger partial charge in [0, 0.05) is 27.0 Å². The molecule has 1 aromatic rings. The monoisotopic (exact) mass is 411 g/mol. The van der Waals surface area contributed by atoms with E-state index in [0.29, 0.717) is 0 Å². The molecule has 1 saturated heterocycles. The molecular formula is C17H21N3O9. The Balaban J connectivity index is 2.37. The van der Waals surface area contributed by atoms with Crippen molar-refractivity contribution < 1.29 is 38.1 Å². The molecular weight excluding hydrogens is 390 g/mol. The summed E-state index contributed by atoms with van der Waals surface area (Å²) < 4.78 is 21.1. The minimum absolute atomic E-state index is 0.0191. The first-order chi connectivity index (χ1) is 13.6. The number of carbonyl (C=O) groups excluding carboxylic acids is 4. The van der Waals surface area contributed by atoms with Crippen LogP contribution in [0.1, 0.15) is 38.1 Å². The number of anilines is 1. The first-order valence-corrected chi connectivity index (χ1v) is 8.58. The van der Waals surface area contributed by atoms with Crippen LogP contribution in [0.15, 0.2) is 11.0 Å². The smallest absolute Gasteiger partial charge is 0.346 e. The van der Waals surface area contributed by atoms with Gasteiger partial charge in [-0.3, -0.25) is 24.2 Å². The Morgan fingerprint density at radius 2 is 1.69 bits per heavy atom.